The molecule has 2 amide bonds. The summed E-state index contributed by atoms with van der Waals surface area (Å²) in [4.78, 5) is 29.6. The van der Waals surface area contributed by atoms with Gasteiger partial charge in [-0.2, -0.15) is 0 Å². The summed E-state index contributed by atoms with van der Waals surface area (Å²) < 4.78 is 12.2. The quantitative estimate of drug-likeness (QED) is 0.310. The number of hydrogen-bond donors (Lipinski definition) is 2. The summed E-state index contributed by atoms with van der Waals surface area (Å²) in [5, 5.41) is 5.79. The van der Waals surface area contributed by atoms with Crippen LogP contribution in [0.5, 0.6) is 11.5 Å². The Morgan fingerprint density at radius 1 is 1.00 bits per heavy atom. The fourth-order valence-corrected chi connectivity index (χ4v) is 5.17. The number of carbonyl (C=O) groups excluding carboxylic acids is 2. The highest BCUT2D eigenvalue weighted by molar-refractivity contribution is 8.01. The predicted octanol–water partition coefficient (Wildman–Crippen LogP) is 5.61. The third-order valence-corrected chi connectivity index (χ3v) is 7.08. The second-order valence-electron chi connectivity index (χ2n) is 7.39. The van der Waals surface area contributed by atoms with Gasteiger partial charge in [0.05, 0.1) is 35.9 Å². The second-order valence-corrected chi connectivity index (χ2v) is 9.64. The number of rotatable bonds is 8. The van der Waals surface area contributed by atoms with Crippen LogP contribution in [0, 0.1) is 6.92 Å². The van der Waals surface area contributed by atoms with Crippen molar-refractivity contribution in [2.24, 2.45) is 0 Å². The molecule has 0 aliphatic heterocycles. The summed E-state index contributed by atoms with van der Waals surface area (Å²) in [5.74, 6) is 1.03. The lowest BCUT2D eigenvalue weighted by molar-refractivity contribution is -0.113. The van der Waals surface area contributed by atoms with E-state index in [1.54, 1.807) is 38.5 Å². The Hall–Kier alpha value is -3.56. The first kappa shape index (κ1) is 23.6. The zero-order chi connectivity index (χ0) is 24.1. The minimum absolute atomic E-state index is 0.160. The highest BCUT2D eigenvalue weighted by Gasteiger charge is 2.13. The van der Waals surface area contributed by atoms with E-state index in [2.05, 4.69) is 15.6 Å². The third kappa shape index (κ3) is 5.67. The number of ether oxygens (including phenoxy) is 2. The number of anilines is 2. The molecule has 0 saturated heterocycles. The van der Waals surface area contributed by atoms with E-state index < -0.39 is 0 Å². The lowest BCUT2D eigenvalue weighted by Gasteiger charge is -2.11. The van der Waals surface area contributed by atoms with E-state index in [1.165, 1.54) is 23.1 Å². The van der Waals surface area contributed by atoms with Crippen LogP contribution < -0.4 is 20.1 Å². The highest BCUT2D eigenvalue weighted by Crippen LogP contribution is 2.32. The van der Waals surface area contributed by atoms with Crippen molar-refractivity contribution >= 4 is 56.5 Å². The number of thioether (sulfide) groups is 1. The molecule has 2 N–H and O–H groups in total. The smallest absolute Gasteiger partial charge is 0.255 e. The van der Waals surface area contributed by atoms with E-state index in [0.717, 1.165) is 20.1 Å². The largest absolute Gasteiger partial charge is 0.497 e. The molecule has 0 aliphatic carbocycles. The van der Waals surface area contributed by atoms with Crippen LogP contribution in [0.25, 0.3) is 10.2 Å². The molecule has 34 heavy (non-hydrogen) atoms. The van der Waals surface area contributed by atoms with Crippen molar-refractivity contribution in [3.8, 4) is 11.5 Å². The summed E-state index contributed by atoms with van der Waals surface area (Å²) in [6.45, 7) is 1.95. The van der Waals surface area contributed by atoms with Crippen molar-refractivity contribution < 1.29 is 19.1 Å². The number of methoxy groups -OCH3 is 2. The van der Waals surface area contributed by atoms with Gasteiger partial charge in [-0.25, -0.2) is 4.98 Å². The van der Waals surface area contributed by atoms with E-state index in [4.69, 9.17) is 9.47 Å². The summed E-state index contributed by atoms with van der Waals surface area (Å²) in [6.07, 6.45) is 0. The molecule has 1 aromatic heterocycles. The van der Waals surface area contributed by atoms with Gasteiger partial charge in [0.2, 0.25) is 5.91 Å². The molecule has 0 aliphatic rings. The number of nitrogens with one attached hydrogen (secondary N) is 2. The lowest BCUT2D eigenvalue weighted by atomic mass is 10.1. The Bertz CT molecular complexity index is 1350. The first-order chi connectivity index (χ1) is 16.4. The van der Waals surface area contributed by atoms with Gasteiger partial charge in [0.1, 0.15) is 11.5 Å². The van der Waals surface area contributed by atoms with Crippen molar-refractivity contribution in [3.05, 3.63) is 71.8 Å². The normalized spacial score (nSPS) is 10.7. The second kappa shape index (κ2) is 10.6. The number of carbonyl (C=O) groups is 2. The molecule has 0 saturated carbocycles. The van der Waals surface area contributed by atoms with Gasteiger partial charge in [-0.15, -0.1) is 11.3 Å². The van der Waals surface area contributed by atoms with E-state index in [0.29, 0.717) is 28.4 Å². The van der Waals surface area contributed by atoms with Gasteiger partial charge in [0, 0.05) is 17.3 Å². The number of aromatic nitrogens is 1. The maximum absolute atomic E-state index is 12.5. The van der Waals surface area contributed by atoms with E-state index in [1.807, 2.05) is 43.3 Å². The number of aryl methyl sites for hydroxylation is 1. The number of hydrogen-bond acceptors (Lipinski definition) is 7. The average molecular weight is 494 g/mol. The Morgan fingerprint density at radius 2 is 1.85 bits per heavy atom. The van der Waals surface area contributed by atoms with Gasteiger partial charge in [-0.1, -0.05) is 29.5 Å². The topological polar surface area (TPSA) is 89.6 Å². The van der Waals surface area contributed by atoms with Gasteiger partial charge in [0.25, 0.3) is 5.91 Å². The van der Waals surface area contributed by atoms with Crippen molar-refractivity contribution in [1.82, 2.24) is 4.98 Å². The molecule has 9 heteroatoms. The van der Waals surface area contributed by atoms with E-state index in [9.17, 15) is 9.59 Å². The summed E-state index contributed by atoms with van der Waals surface area (Å²) >= 11 is 2.83. The molecule has 0 unspecified atom stereocenters. The Balaban J connectivity index is 1.40. The van der Waals surface area contributed by atoms with Gasteiger partial charge in [-0.05, 0) is 49.4 Å². The molecule has 7 nitrogen and oxygen atoms in total. The predicted molar refractivity (Wildman–Crippen MR) is 138 cm³/mol. The standard InChI is InChI=1S/C25H23N3O4S2/c1-15-5-4-6-16(11-15)24(30)26-17-7-9-19-22(12-17)34-25(28-19)33-14-23(29)27-20-13-18(31-2)8-10-21(20)32-3/h4-13H,14H2,1-3H3,(H,26,30)(H,27,29). The number of thiazole rings is 1. The van der Waals surface area contributed by atoms with Crippen molar-refractivity contribution in [3.63, 3.8) is 0 Å². The Labute approximate surface area is 205 Å². The summed E-state index contributed by atoms with van der Waals surface area (Å²) in [7, 11) is 3.11. The van der Waals surface area contributed by atoms with Crippen LogP contribution in [0.15, 0.2) is 65.0 Å². The maximum Gasteiger partial charge on any atom is 0.255 e. The monoisotopic (exact) mass is 493 g/mol. The Morgan fingerprint density at radius 3 is 2.62 bits per heavy atom. The van der Waals surface area contributed by atoms with Crippen LogP contribution in [0.3, 0.4) is 0 Å². The molecule has 3 aromatic carbocycles. The van der Waals surface area contributed by atoms with Crippen LogP contribution in [0.1, 0.15) is 15.9 Å². The minimum atomic E-state index is -0.179. The minimum Gasteiger partial charge on any atom is -0.497 e. The van der Waals surface area contributed by atoms with Crippen LogP contribution in [0.4, 0.5) is 11.4 Å². The SMILES string of the molecule is COc1ccc(OC)c(NC(=O)CSc2nc3ccc(NC(=O)c4cccc(C)c4)cc3s2)c1. The molecule has 174 valence electrons. The third-order valence-electron chi connectivity index (χ3n) is 4.91. The lowest BCUT2D eigenvalue weighted by Crippen LogP contribution is -2.14. The van der Waals surface area contributed by atoms with E-state index in [-0.39, 0.29) is 17.6 Å². The molecular formula is C25H23N3O4S2. The molecule has 4 rings (SSSR count). The van der Waals surface area contributed by atoms with Gasteiger partial charge in [-0.3, -0.25) is 9.59 Å². The zero-order valence-corrected chi connectivity index (χ0v) is 20.5. The number of nitrogens with zero attached hydrogens (tertiary/aromatic N) is 1. The first-order valence-electron chi connectivity index (χ1n) is 10.4. The molecule has 0 bridgehead atoms. The summed E-state index contributed by atoms with van der Waals surface area (Å²) in [5.41, 5.74) is 3.70. The van der Waals surface area contributed by atoms with Crippen molar-refractivity contribution in [2.75, 3.05) is 30.6 Å². The molecule has 1 heterocycles. The number of benzene rings is 3. The average Bonchev–Trinajstić information content (AvgIpc) is 3.25. The van der Waals surface area contributed by atoms with Crippen LogP contribution in [-0.2, 0) is 4.79 Å². The summed E-state index contributed by atoms with van der Waals surface area (Å²) in [6, 6.07) is 18.3. The molecule has 4 aromatic rings. The number of fused-ring (bicyclic) bond motifs is 1. The first-order valence-corrected chi connectivity index (χ1v) is 12.2. The maximum atomic E-state index is 12.5. The van der Waals surface area contributed by atoms with Gasteiger partial charge in [0.15, 0.2) is 4.34 Å². The number of amides is 2. The molecule has 0 radical (unpaired) electrons. The van der Waals surface area contributed by atoms with Crippen molar-refractivity contribution in [1.29, 1.82) is 0 Å². The molecular weight excluding hydrogens is 470 g/mol. The molecule has 0 atom stereocenters. The van der Waals surface area contributed by atoms with E-state index >= 15 is 0 Å². The van der Waals surface area contributed by atoms with Crippen LogP contribution in [0.2, 0.25) is 0 Å². The molecule has 0 fully saturated rings. The zero-order valence-electron chi connectivity index (χ0n) is 18.9. The fourth-order valence-electron chi connectivity index (χ4n) is 3.26. The van der Waals surface area contributed by atoms with Crippen LogP contribution in [-0.4, -0.2) is 36.8 Å². The highest BCUT2D eigenvalue weighted by atomic mass is 32.2. The molecule has 0 spiro atoms. The van der Waals surface area contributed by atoms with Gasteiger partial charge >= 0.3 is 0 Å². The Kier molecular flexibility index (Phi) is 7.34. The fraction of sp³-hybridized carbons (Fsp3) is 0.160. The van der Waals surface area contributed by atoms with Gasteiger partial charge < -0.3 is 20.1 Å². The van der Waals surface area contributed by atoms with Crippen molar-refractivity contribution in [2.45, 2.75) is 11.3 Å². The van der Waals surface area contributed by atoms with Crippen LogP contribution >= 0.6 is 23.1 Å².